The summed E-state index contributed by atoms with van der Waals surface area (Å²) in [7, 11) is 1.39. The predicted molar refractivity (Wildman–Crippen MR) is 128 cm³/mol. The summed E-state index contributed by atoms with van der Waals surface area (Å²) >= 11 is 0. The van der Waals surface area contributed by atoms with Crippen LogP contribution in [0.25, 0.3) is 0 Å². The highest BCUT2D eigenvalue weighted by Gasteiger charge is 2.38. The van der Waals surface area contributed by atoms with Gasteiger partial charge in [0.25, 0.3) is 0 Å². The molecule has 3 rings (SSSR count). The highest BCUT2D eigenvalue weighted by Crippen LogP contribution is 2.31. The topological polar surface area (TPSA) is 53.1 Å². The van der Waals surface area contributed by atoms with Gasteiger partial charge in [-0.2, -0.15) is 13.2 Å². The Balaban J connectivity index is 1.90. The highest BCUT2D eigenvalue weighted by atomic mass is 19.4. The van der Waals surface area contributed by atoms with Crippen molar-refractivity contribution in [3.05, 3.63) is 64.7 Å². The lowest BCUT2D eigenvalue weighted by molar-refractivity contribution is -0.137. The molecule has 0 aliphatic carbocycles. The molecule has 1 aliphatic rings. The van der Waals surface area contributed by atoms with E-state index in [0.717, 1.165) is 12.1 Å². The number of anilines is 1. The van der Waals surface area contributed by atoms with Gasteiger partial charge in [-0.1, -0.05) is 0 Å². The number of hydrogen-bond donors (Lipinski definition) is 0. The van der Waals surface area contributed by atoms with E-state index in [4.69, 9.17) is 4.74 Å². The van der Waals surface area contributed by atoms with Crippen molar-refractivity contribution < 1.29 is 36.3 Å². The third-order valence-corrected chi connectivity index (χ3v) is 5.87. The zero-order chi connectivity index (χ0) is 27.7. The molecule has 2 amide bonds. The van der Waals surface area contributed by atoms with Crippen molar-refractivity contribution in [1.29, 1.82) is 0 Å². The largest absolute Gasteiger partial charge is 0.444 e. The van der Waals surface area contributed by atoms with Gasteiger partial charge >= 0.3 is 12.3 Å². The summed E-state index contributed by atoms with van der Waals surface area (Å²) in [6.45, 7) is 6.95. The van der Waals surface area contributed by atoms with E-state index in [9.17, 15) is 31.5 Å². The molecule has 1 saturated heterocycles. The molecule has 1 unspecified atom stereocenters. The van der Waals surface area contributed by atoms with E-state index in [0.29, 0.717) is 17.3 Å². The second-order valence-corrected chi connectivity index (χ2v) is 10.1. The summed E-state index contributed by atoms with van der Waals surface area (Å²) in [4.78, 5) is 30.6. The van der Waals surface area contributed by atoms with Crippen molar-refractivity contribution in [3.63, 3.8) is 0 Å². The number of amides is 2. The molecular formula is C26H30F5N3O3. The Labute approximate surface area is 212 Å². The van der Waals surface area contributed by atoms with Gasteiger partial charge in [0.05, 0.1) is 12.1 Å². The smallest absolute Gasteiger partial charge is 0.416 e. The maximum absolute atomic E-state index is 13.9. The lowest BCUT2D eigenvalue weighted by Gasteiger charge is -2.43. The molecule has 1 aliphatic heterocycles. The van der Waals surface area contributed by atoms with Gasteiger partial charge in [-0.05, 0) is 75.2 Å². The molecule has 6 nitrogen and oxygen atoms in total. The molecule has 0 saturated carbocycles. The lowest BCUT2D eigenvalue weighted by Crippen LogP contribution is -2.61. The van der Waals surface area contributed by atoms with E-state index in [1.165, 1.54) is 35.0 Å². The number of benzene rings is 2. The summed E-state index contributed by atoms with van der Waals surface area (Å²) in [5.41, 5.74) is -0.785. The second-order valence-electron chi connectivity index (χ2n) is 10.1. The highest BCUT2D eigenvalue weighted by molar-refractivity contribution is 5.87. The summed E-state index contributed by atoms with van der Waals surface area (Å²) in [6.07, 6.45) is -5.35. The Morgan fingerprint density at radius 1 is 1.03 bits per heavy atom. The van der Waals surface area contributed by atoms with E-state index >= 15 is 0 Å². The van der Waals surface area contributed by atoms with Gasteiger partial charge in [0, 0.05) is 32.4 Å². The van der Waals surface area contributed by atoms with Crippen LogP contribution < -0.4 is 4.90 Å². The number of aryl methyl sites for hydroxylation is 1. The van der Waals surface area contributed by atoms with Gasteiger partial charge in [0.1, 0.15) is 23.3 Å². The third-order valence-electron chi connectivity index (χ3n) is 5.87. The van der Waals surface area contributed by atoms with Crippen LogP contribution in [0.2, 0.25) is 0 Å². The zero-order valence-corrected chi connectivity index (χ0v) is 21.3. The van der Waals surface area contributed by atoms with Crippen LogP contribution in [0.1, 0.15) is 37.5 Å². The SMILES string of the molecule is Cc1cc(F)ccc1N1CCN(C(=O)OC(C)(C)C)CC1C(=O)N(C)Cc1cc(F)cc(C(F)(F)F)c1. The summed E-state index contributed by atoms with van der Waals surface area (Å²) in [6, 6.07) is 5.31. The predicted octanol–water partition coefficient (Wildman–Crippen LogP) is 5.38. The third kappa shape index (κ3) is 7.11. The number of hydrogen-bond acceptors (Lipinski definition) is 4. The molecule has 0 bridgehead atoms. The van der Waals surface area contributed by atoms with E-state index in [1.54, 1.807) is 32.6 Å². The quantitative estimate of drug-likeness (QED) is 0.502. The van der Waals surface area contributed by atoms with E-state index in [2.05, 4.69) is 0 Å². The molecule has 202 valence electrons. The first-order chi connectivity index (χ1) is 17.0. The fourth-order valence-electron chi connectivity index (χ4n) is 4.23. The Morgan fingerprint density at radius 2 is 1.70 bits per heavy atom. The van der Waals surface area contributed by atoms with Crippen molar-refractivity contribution in [3.8, 4) is 0 Å². The average molecular weight is 528 g/mol. The minimum absolute atomic E-state index is 0.0347. The number of ether oxygens (including phenoxy) is 1. The van der Waals surface area contributed by atoms with E-state index < -0.39 is 47.0 Å². The number of likely N-dealkylation sites (N-methyl/N-ethyl adjacent to an activating group) is 1. The monoisotopic (exact) mass is 527 g/mol. The van der Waals surface area contributed by atoms with Crippen molar-refractivity contribution in [1.82, 2.24) is 9.80 Å². The van der Waals surface area contributed by atoms with Crippen LogP contribution in [-0.4, -0.2) is 60.1 Å². The minimum Gasteiger partial charge on any atom is -0.444 e. The zero-order valence-electron chi connectivity index (χ0n) is 21.3. The van der Waals surface area contributed by atoms with Gasteiger partial charge in [-0.15, -0.1) is 0 Å². The fraction of sp³-hybridized carbons (Fsp3) is 0.462. The molecule has 0 N–H and O–H groups in total. The van der Waals surface area contributed by atoms with Crippen molar-refractivity contribution in [2.45, 2.75) is 52.1 Å². The summed E-state index contributed by atoms with van der Waals surface area (Å²) in [5.74, 6) is -2.02. The fourth-order valence-corrected chi connectivity index (χ4v) is 4.23. The minimum atomic E-state index is -4.74. The Hall–Kier alpha value is -3.37. The summed E-state index contributed by atoms with van der Waals surface area (Å²) in [5, 5.41) is 0. The molecule has 0 aromatic heterocycles. The molecule has 0 spiro atoms. The maximum Gasteiger partial charge on any atom is 0.416 e. The standard InChI is InChI=1S/C26H30F5N3O3/c1-16-10-19(27)6-7-21(16)34-9-8-33(24(36)37-25(2,3)4)15-22(34)23(35)32(5)14-17-11-18(26(29,30)31)13-20(28)12-17/h6-7,10-13,22H,8-9,14-15H2,1-5H3. The first-order valence-electron chi connectivity index (χ1n) is 11.7. The van der Waals surface area contributed by atoms with Gasteiger partial charge in [-0.3, -0.25) is 4.79 Å². The van der Waals surface area contributed by atoms with Gasteiger partial charge < -0.3 is 19.4 Å². The van der Waals surface area contributed by atoms with Gasteiger partial charge in [0.2, 0.25) is 5.91 Å². The molecule has 2 aromatic rings. The molecule has 1 atom stereocenters. The van der Waals surface area contributed by atoms with Crippen LogP contribution in [-0.2, 0) is 22.3 Å². The average Bonchev–Trinajstić information content (AvgIpc) is 2.76. The van der Waals surface area contributed by atoms with Crippen molar-refractivity contribution in [2.24, 2.45) is 0 Å². The van der Waals surface area contributed by atoms with Gasteiger partial charge in [0.15, 0.2) is 0 Å². The number of rotatable bonds is 4. The number of carbonyl (C=O) groups excluding carboxylic acids is 2. The normalized spacial score (nSPS) is 16.5. The van der Waals surface area contributed by atoms with Crippen LogP contribution in [0.4, 0.5) is 32.4 Å². The number of alkyl halides is 3. The van der Waals surface area contributed by atoms with Crippen LogP contribution in [0.5, 0.6) is 0 Å². The first kappa shape index (κ1) is 28.2. The molecule has 1 fully saturated rings. The van der Waals surface area contributed by atoms with Crippen LogP contribution in [0.15, 0.2) is 36.4 Å². The lowest BCUT2D eigenvalue weighted by atomic mass is 10.1. The Kier molecular flexibility index (Phi) is 8.04. The molecule has 0 radical (unpaired) electrons. The number of nitrogens with zero attached hydrogens (tertiary/aromatic N) is 3. The Morgan fingerprint density at radius 3 is 2.30 bits per heavy atom. The molecule has 1 heterocycles. The van der Waals surface area contributed by atoms with Gasteiger partial charge in [-0.25, -0.2) is 13.6 Å². The molecule has 37 heavy (non-hydrogen) atoms. The summed E-state index contributed by atoms with van der Waals surface area (Å²) < 4.78 is 72.5. The number of halogens is 5. The molecular weight excluding hydrogens is 497 g/mol. The van der Waals surface area contributed by atoms with E-state index in [-0.39, 0.29) is 31.7 Å². The van der Waals surface area contributed by atoms with Crippen LogP contribution in [0, 0.1) is 18.6 Å². The van der Waals surface area contributed by atoms with E-state index in [1.807, 2.05) is 0 Å². The number of carbonyl (C=O) groups is 2. The van der Waals surface area contributed by atoms with Crippen molar-refractivity contribution in [2.75, 3.05) is 31.6 Å². The second kappa shape index (κ2) is 10.5. The number of piperazine rings is 1. The van der Waals surface area contributed by atoms with Crippen LogP contribution >= 0.6 is 0 Å². The maximum atomic E-state index is 13.9. The van der Waals surface area contributed by atoms with Crippen molar-refractivity contribution >= 4 is 17.7 Å². The van der Waals surface area contributed by atoms with Crippen LogP contribution in [0.3, 0.4) is 0 Å². The molecule has 11 heteroatoms. The first-order valence-corrected chi connectivity index (χ1v) is 11.7. The Bertz CT molecular complexity index is 1160. The molecule has 2 aromatic carbocycles.